The predicted molar refractivity (Wildman–Crippen MR) is 86.0 cm³/mol. The molecular weight excluding hydrogens is 286 g/mol. The number of benzene rings is 2. The van der Waals surface area contributed by atoms with Crippen molar-refractivity contribution in [3.63, 3.8) is 0 Å². The van der Waals surface area contributed by atoms with Gasteiger partial charge in [0.05, 0.1) is 18.7 Å². The van der Waals surface area contributed by atoms with Crippen LogP contribution in [0.5, 0.6) is 5.75 Å². The zero-order valence-electron chi connectivity index (χ0n) is 11.9. The van der Waals surface area contributed by atoms with Crippen LogP contribution in [0, 0.1) is 0 Å². The second-order valence-corrected chi connectivity index (χ2v) is 5.33. The number of rotatable bonds is 3. The zero-order chi connectivity index (χ0) is 15.0. The number of imidazole rings is 1. The van der Waals surface area contributed by atoms with Gasteiger partial charge in [-0.15, -0.1) is 0 Å². The molecule has 0 radical (unpaired) electrons. The van der Waals surface area contributed by atoms with Gasteiger partial charge < -0.3 is 15.0 Å². The van der Waals surface area contributed by atoms with Crippen LogP contribution in [0.3, 0.4) is 0 Å². The van der Waals surface area contributed by atoms with Crippen molar-refractivity contribution in [1.82, 2.24) is 9.55 Å². The van der Waals surface area contributed by atoms with E-state index < -0.39 is 0 Å². The van der Waals surface area contributed by atoms with E-state index in [0.717, 1.165) is 27.4 Å². The fourth-order valence-corrected chi connectivity index (χ4v) is 2.70. The fraction of sp³-hybridized carbons (Fsp3) is 0.188. The number of nitrogens with two attached hydrogens (primary N) is 1. The summed E-state index contributed by atoms with van der Waals surface area (Å²) in [5, 5.41) is 0.719. The Morgan fingerprint density at radius 3 is 2.57 bits per heavy atom. The minimum absolute atomic E-state index is 0.0550. The molecule has 2 aromatic carbocycles. The van der Waals surface area contributed by atoms with E-state index in [1.54, 1.807) is 7.11 Å². The second kappa shape index (κ2) is 5.30. The van der Waals surface area contributed by atoms with Crippen LogP contribution >= 0.6 is 11.6 Å². The molecule has 0 saturated carbocycles. The average molecular weight is 302 g/mol. The van der Waals surface area contributed by atoms with Crippen LogP contribution in [-0.2, 0) is 0 Å². The second-order valence-electron chi connectivity index (χ2n) is 4.90. The lowest BCUT2D eigenvalue weighted by Crippen LogP contribution is -2.10. The standard InChI is InChI=1S/C16H16ClN3O/c1-10(11-6-8-12(17)9-7-11)20-13-4-3-5-14(21-2)15(13)19-16(20)18/h3-10H,1-2H3,(H2,18,19). The van der Waals surface area contributed by atoms with Crippen LogP contribution in [0.25, 0.3) is 11.0 Å². The van der Waals surface area contributed by atoms with E-state index in [-0.39, 0.29) is 6.04 Å². The van der Waals surface area contributed by atoms with Crippen LogP contribution in [0.2, 0.25) is 5.02 Å². The SMILES string of the molecule is COc1cccc2c1nc(N)n2C(C)c1ccc(Cl)cc1. The Bertz CT molecular complexity index is 780. The van der Waals surface area contributed by atoms with E-state index in [4.69, 9.17) is 22.1 Å². The van der Waals surface area contributed by atoms with Crippen molar-refractivity contribution < 1.29 is 4.74 Å². The Morgan fingerprint density at radius 2 is 1.90 bits per heavy atom. The van der Waals surface area contributed by atoms with Crippen LogP contribution < -0.4 is 10.5 Å². The lowest BCUT2D eigenvalue weighted by Gasteiger charge is -2.16. The molecule has 0 aliphatic rings. The molecule has 1 aromatic heterocycles. The summed E-state index contributed by atoms with van der Waals surface area (Å²) in [5.41, 5.74) is 8.96. The third-order valence-corrected chi connectivity index (χ3v) is 3.92. The third-order valence-electron chi connectivity index (χ3n) is 3.67. The van der Waals surface area contributed by atoms with Crippen molar-refractivity contribution >= 4 is 28.6 Å². The van der Waals surface area contributed by atoms with E-state index in [2.05, 4.69) is 11.9 Å². The van der Waals surface area contributed by atoms with Crippen molar-refractivity contribution in [3.05, 3.63) is 53.1 Å². The van der Waals surface area contributed by atoms with Crippen molar-refractivity contribution in [3.8, 4) is 5.75 Å². The van der Waals surface area contributed by atoms with Crippen LogP contribution in [0.1, 0.15) is 18.5 Å². The minimum Gasteiger partial charge on any atom is -0.494 e. The van der Waals surface area contributed by atoms with Gasteiger partial charge >= 0.3 is 0 Å². The summed E-state index contributed by atoms with van der Waals surface area (Å²) < 4.78 is 7.35. The van der Waals surface area contributed by atoms with Crippen LogP contribution in [0.15, 0.2) is 42.5 Å². The molecule has 5 heteroatoms. The summed E-state index contributed by atoms with van der Waals surface area (Å²) in [7, 11) is 1.63. The van der Waals surface area contributed by atoms with Gasteiger partial charge in [0, 0.05) is 5.02 Å². The lowest BCUT2D eigenvalue weighted by atomic mass is 10.1. The molecule has 0 fully saturated rings. The largest absolute Gasteiger partial charge is 0.494 e. The topological polar surface area (TPSA) is 53.1 Å². The Kier molecular flexibility index (Phi) is 3.47. The van der Waals surface area contributed by atoms with Gasteiger partial charge in [-0.3, -0.25) is 0 Å². The number of aromatic nitrogens is 2. The van der Waals surface area contributed by atoms with E-state index >= 15 is 0 Å². The molecule has 0 aliphatic heterocycles. The highest BCUT2D eigenvalue weighted by Gasteiger charge is 2.17. The number of hydrogen-bond acceptors (Lipinski definition) is 3. The number of fused-ring (bicyclic) bond motifs is 1. The first-order valence-electron chi connectivity index (χ1n) is 6.67. The first-order chi connectivity index (χ1) is 10.1. The molecule has 108 valence electrons. The maximum atomic E-state index is 6.12. The minimum atomic E-state index is 0.0550. The molecule has 1 heterocycles. The molecule has 0 spiro atoms. The molecule has 3 aromatic rings. The molecule has 0 aliphatic carbocycles. The number of nitrogen functional groups attached to an aromatic ring is 1. The first-order valence-corrected chi connectivity index (χ1v) is 7.05. The molecule has 1 atom stereocenters. The molecule has 2 N–H and O–H groups in total. The summed E-state index contributed by atoms with van der Waals surface area (Å²) in [6, 6.07) is 13.6. The van der Waals surface area contributed by atoms with E-state index in [0.29, 0.717) is 5.95 Å². The summed E-state index contributed by atoms with van der Waals surface area (Å²) in [6.45, 7) is 2.08. The number of para-hydroxylation sites is 1. The maximum Gasteiger partial charge on any atom is 0.201 e. The Balaban J connectivity index is 2.15. The Hall–Kier alpha value is -2.20. The van der Waals surface area contributed by atoms with Gasteiger partial charge in [0.25, 0.3) is 0 Å². The summed E-state index contributed by atoms with van der Waals surface area (Å²) in [4.78, 5) is 4.44. The molecule has 0 amide bonds. The molecule has 21 heavy (non-hydrogen) atoms. The predicted octanol–water partition coefficient (Wildman–Crippen LogP) is 3.89. The highest BCUT2D eigenvalue weighted by Crippen LogP contribution is 2.32. The number of halogens is 1. The monoisotopic (exact) mass is 301 g/mol. The molecular formula is C16H16ClN3O. The maximum absolute atomic E-state index is 6.12. The summed E-state index contributed by atoms with van der Waals surface area (Å²) in [6.07, 6.45) is 0. The summed E-state index contributed by atoms with van der Waals surface area (Å²) in [5.74, 6) is 1.19. The lowest BCUT2D eigenvalue weighted by molar-refractivity contribution is 0.419. The van der Waals surface area contributed by atoms with Gasteiger partial charge in [0.15, 0.2) is 0 Å². The number of ether oxygens (including phenoxy) is 1. The van der Waals surface area contributed by atoms with Crippen molar-refractivity contribution in [2.24, 2.45) is 0 Å². The Morgan fingerprint density at radius 1 is 1.19 bits per heavy atom. The molecule has 1 unspecified atom stereocenters. The number of hydrogen-bond donors (Lipinski definition) is 1. The summed E-state index contributed by atoms with van der Waals surface area (Å²) >= 11 is 5.95. The third kappa shape index (κ3) is 2.32. The van der Waals surface area contributed by atoms with Gasteiger partial charge in [-0.2, -0.15) is 0 Å². The van der Waals surface area contributed by atoms with E-state index in [1.165, 1.54) is 0 Å². The number of nitrogens with zero attached hydrogens (tertiary/aromatic N) is 2. The number of anilines is 1. The molecule has 4 nitrogen and oxygen atoms in total. The average Bonchev–Trinajstić information content (AvgIpc) is 2.83. The van der Waals surface area contributed by atoms with Gasteiger partial charge in [-0.25, -0.2) is 4.98 Å². The molecule has 0 saturated heterocycles. The van der Waals surface area contributed by atoms with E-state index in [9.17, 15) is 0 Å². The van der Waals surface area contributed by atoms with Crippen molar-refractivity contribution in [2.75, 3.05) is 12.8 Å². The smallest absolute Gasteiger partial charge is 0.201 e. The van der Waals surface area contributed by atoms with Crippen LogP contribution in [-0.4, -0.2) is 16.7 Å². The molecule has 0 bridgehead atoms. The normalized spacial score (nSPS) is 12.5. The van der Waals surface area contributed by atoms with Crippen molar-refractivity contribution in [1.29, 1.82) is 0 Å². The van der Waals surface area contributed by atoms with Gasteiger partial charge in [-0.05, 0) is 36.8 Å². The van der Waals surface area contributed by atoms with E-state index in [1.807, 2.05) is 47.0 Å². The zero-order valence-corrected chi connectivity index (χ0v) is 12.6. The van der Waals surface area contributed by atoms with Crippen molar-refractivity contribution in [2.45, 2.75) is 13.0 Å². The quantitative estimate of drug-likeness (QED) is 0.798. The van der Waals surface area contributed by atoms with Crippen LogP contribution in [0.4, 0.5) is 5.95 Å². The number of methoxy groups -OCH3 is 1. The highest BCUT2D eigenvalue weighted by molar-refractivity contribution is 6.30. The fourth-order valence-electron chi connectivity index (χ4n) is 2.57. The highest BCUT2D eigenvalue weighted by atomic mass is 35.5. The molecule has 3 rings (SSSR count). The van der Waals surface area contributed by atoms with Gasteiger partial charge in [-0.1, -0.05) is 29.8 Å². The first kappa shape index (κ1) is 13.8. The van der Waals surface area contributed by atoms with Gasteiger partial charge in [0.2, 0.25) is 5.95 Å². The van der Waals surface area contributed by atoms with Gasteiger partial charge in [0.1, 0.15) is 11.3 Å². The Labute approximate surface area is 128 Å².